The molecule has 1 amide bonds. The highest BCUT2D eigenvalue weighted by atomic mass is 32.2. The summed E-state index contributed by atoms with van der Waals surface area (Å²) in [5.41, 5.74) is 1.46. The van der Waals surface area contributed by atoms with Crippen LogP contribution in [0.4, 0.5) is 0 Å². The molecular weight excluding hydrogens is 362 g/mol. The number of carbonyl (C=O) groups is 1. The number of nitrogens with zero attached hydrogens (tertiary/aromatic N) is 3. The van der Waals surface area contributed by atoms with E-state index in [0.717, 1.165) is 18.4 Å². The number of hydrogen-bond acceptors (Lipinski definition) is 4. The molecule has 3 rings (SSSR count). The number of piperidine rings is 1. The number of pyridine rings is 1. The Morgan fingerprint density at radius 3 is 2.30 bits per heavy atom. The van der Waals surface area contributed by atoms with Crippen molar-refractivity contribution in [3.63, 3.8) is 0 Å². The van der Waals surface area contributed by atoms with Gasteiger partial charge in [-0.3, -0.25) is 9.78 Å². The number of hydrogen-bond donors (Lipinski definition) is 0. The predicted molar refractivity (Wildman–Crippen MR) is 104 cm³/mol. The largest absolute Gasteiger partial charge is 0.337 e. The van der Waals surface area contributed by atoms with Gasteiger partial charge in [-0.2, -0.15) is 4.31 Å². The molecule has 0 saturated carbocycles. The Balaban J connectivity index is 1.70. The van der Waals surface area contributed by atoms with Crippen molar-refractivity contribution in [1.29, 1.82) is 0 Å². The van der Waals surface area contributed by atoms with Gasteiger partial charge < -0.3 is 4.90 Å². The van der Waals surface area contributed by atoms with Crippen molar-refractivity contribution in [3.05, 3.63) is 59.9 Å². The summed E-state index contributed by atoms with van der Waals surface area (Å²) in [5, 5.41) is 0. The van der Waals surface area contributed by atoms with Gasteiger partial charge in [-0.05, 0) is 60.7 Å². The first kappa shape index (κ1) is 19.5. The van der Waals surface area contributed by atoms with Crippen LogP contribution in [-0.2, 0) is 16.6 Å². The first-order valence-corrected chi connectivity index (χ1v) is 10.6. The lowest BCUT2D eigenvalue weighted by molar-refractivity contribution is 0.0785. The molecule has 6 nitrogen and oxygen atoms in total. The van der Waals surface area contributed by atoms with Crippen LogP contribution in [0.2, 0.25) is 0 Å². The summed E-state index contributed by atoms with van der Waals surface area (Å²) in [6.45, 7) is 3.72. The monoisotopic (exact) mass is 387 g/mol. The molecule has 1 aromatic carbocycles. The van der Waals surface area contributed by atoms with Crippen molar-refractivity contribution < 1.29 is 13.2 Å². The van der Waals surface area contributed by atoms with E-state index in [4.69, 9.17) is 0 Å². The maximum Gasteiger partial charge on any atom is 0.253 e. The number of carbonyl (C=O) groups excluding carboxylic acids is 1. The summed E-state index contributed by atoms with van der Waals surface area (Å²) in [5.74, 6) is 0.412. The first-order chi connectivity index (χ1) is 12.9. The van der Waals surface area contributed by atoms with Gasteiger partial charge in [0.25, 0.3) is 5.91 Å². The Labute approximate surface area is 160 Å². The zero-order valence-electron chi connectivity index (χ0n) is 15.7. The molecule has 144 valence electrons. The van der Waals surface area contributed by atoms with Gasteiger partial charge >= 0.3 is 0 Å². The highest BCUT2D eigenvalue weighted by Crippen LogP contribution is 2.23. The Morgan fingerprint density at radius 1 is 1.11 bits per heavy atom. The van der Waals surface area contributed by atoms with Gasteiger partial charge in [-0.1, -0.05) is 6.92 Å². The summed E-state index contributed by atoms with van der Waals surface area (Å²) in [6, 6.07) is 9.95. The van der Waals surface area contributed by atoms with Crippen LogP contribution < -0.4 is 0 Å². The maximum absolute atomic E-state index is 12.8. The van der Waals surface area contributed by atoms with E-state index in [2.05, 4.69) is 11.9 Å². The van der Waals surface area contributed by atoms with E-state index in [1.165, 1.54) is 12.1 Å². The lowest BCUT2D eigenvalue weighted by Crippen LogP contribution is -2.37. The van der Waals surface area contributed by atoms with E-state index in [1.807, 2.05) is 12.1 Å². The molecule has 27 heavy (non-hydrogen) atoms. The van der Waals surface area contributed by atoms with Gasteiger partial charge in [0.15, 0.2) is 0 Å². The average Bonchev–Trinajstić information content (AvgIpc) is 2.68. The molecule has 7 heteroatoms. The van der Waals surface area contributed by atoms with Crippen molar-refractivity contribution in [3.8, 4) is 0 Å². The van der Waals surface area contributed by atoms with Gasteiger partial charge in [0.05, 0.1) is 4.90 Å². The number of benzene rings is 1. The predicted octanol–water partition coefficient (Wildman–Crippen LogP) is 2.77. The Kier molecular flexibility index (Phi) is 5.92. The van der Waals surface area contributed by atoms with Gasteiger partial charge in [0.2, 0.25) is 10.0 Å². The lowest BCUT2D eigenvalue weighted by atomic mass is 10.0. The van der Waals surface area contributed by atoms with Crippen molar-refractivity contribution >= 4 is 15.9 Å². The summed E-state index contributed by atoms with van der Waals surface area (Å²) >= 11 is 0. The quantitative estimate of drug-likeness (QED) is 0.791. The van der Waals surface area contributed by atoms with Gasteiger partial charge in [-0.25, -0.2) is 8.42 Å². The highest BCUT2D eigenvalue weighted by molar-refractivity contribution is 7.89. The van der Waals surface area contributed by atoms with Crippen LogP contribution in [0.3, 0.4) is 0 Å². The van der Waals surface area contributed by atoms with Crippen LogP contribution in [0.5, 0.6) is 0 Å². The molecular formula is C20H25N3O3S. The second-order valence-electron chi connectivity index (χ2n) is 7.13. The molecule has 0 spiro atoms. The lowest BCUT2D eigenvalue weighted by Gasteiger charge is -2.29. The second kappa shape index (κ2) is 8.19. The molecule has 2 aromatic rings. The average molecular weight is 388 g/mol. The fourth-order valence-corrected chi connectivity index (χ4v) is 4.67. The third-order valence-corrected chi connectivity index (χ3v) is 6.91. The molecule has 1 saturated heterocycles. The SMILES string of the molecule is CC1CCN(S(=O)(=O)c2ccc(C(=O)N(C)Cc3ccncc3)cc2)CC1. The van der Waals surface area contributed by atoms with E-state index in [9.17, 15) is 13.2 Å². The molecule has 1 aromatic heterocycles. The van der Waals surface area contributed by atoms with Crippen molar-refractivity contribution in [1.82, 2.24) is 14.2 Å². The molecule has 0 unspecified atom stereocenters. The Morgan fingerprint density at radius 2 is 1.70 bits per heavy atom. The molecule has 0 radical (unpaired) electrons. The Bertz CT molecular complexity index is 874. The molecule has 1 aliphatic heterocycles. The van der Waals surface area contributed by atoms with Crippen LogP contribution in [0, 0.1) is 5.92 Å². The normalized spacial score (nSPS) is 16.2. The van der Waals surface area contributed by atoms with E-state index < -0.39 is 10.0 Å². The molecule has 0 aliphatic carbocycles. The van der Waals surface area contributed by atoms with Gasteiger partial charge in [0.1, 0.15) is 0 Å². The fourth-order valence-electron chi connectivity index (χ4n) is 3.20. The third-order valence-electron chi connectivity index (χ3n) is 5.00. The molecule has 2 heterocycles. The summed E-state index contributed by atoms with van der Waals surface area (Å²) in [4.78, 5) is 18.4. The van der Waals surface area contributed by atoms with Crippen LogP contribution in [0.1, 0.15) is 35.7 Å². The van der Waals surface area contributed by atoms with Gasteiger partial charge in [-0.15, -0.1) is 0 Å². The van der Waals surface area contributed by atoms with E-state index >= 15 is 0 Å². The van der Waals surface area contributed by atoms with Crippen molar-refractivity contribution in [2.24, 2.45) is 5.92 Å². The number of aromatic nitrogens is 1. The summed E-state index contributed by atoms with van der Waals surface area (Å²) in [6.07, 6.45) is 5.15. The molecule has 0 N–H and O–H groups in total. The minimum Gasteiger partial charge on any atom is -0.337 e. The second-order valence-corrected chi connectivity index (χ2v) is 9.07. The first-order valence-electron chi connectivity index (χ1n) is 9.12. The van der Waals surface area contributed by atoms with Gasteiger partial charge in [0, 0.05) is 44.6 Å². The number of rotatable bonds is 5. The van der Waals surface area contributed by atoms with E-state index in [0.29, 0.717) is 31.1 Å². The maximum atomic E-state index is 12.8. The number of amides is 1. The van der Waals surface area contributed by atoms with Crippen molar-refractivity contribution in [2.75, 3.05) is 20.1 Å². The molecule has 1 fully saturated rings. The van der Waals surface area contributed by atoms with Crippen LogP contribution in [-0.4, -0.2) is 48.7 Å². The Hall–Kier alpha value is -2.25. The fraction of sp³-hybridized carbons (Fsp3) is 0.400. The highest BCUT2D eigenvalue weighted by Gasteiger charge is 2.28. The molecule has 0 atom stereocenters. The molecule has 1 aliphatic rings. The summed E-state index contributed by atoms with van der Waals surface area (Å²) in [7, 11) is -1.77. The smallest absolute Gasteiger partial charge is 0.253 e. The minimum atomic E-state index is -3.50. The van der Waals surface area contributed by atoms with Crippen molar-refractivity contribution in [2.45, 2.75) is 31.2 Å². The topological polar surface area (TPSA) is 70.6 Å². The third kappa shape index (κ3) is 4.54. The molecule has 0 bridgehead atoms. The van der Waals surface area contributed by atoms with Crippen LogP contribution >= 0.6 is 0 Å². The van der Waals surface area contributed by atoms with Crippen LogP contribution in [0.15, 0.2) is 53.7 Å². The zero-order chi connectivity index (χ0) is 19.4. The zero-order valence-corrected chi connectivity index (χ0v) is 16.5. The van der Waals surface area contributed by atoms with E-state index in [1.54, 1.807) is 40.8 Å². The van der Waals surface area contributed by atoms with Crippen LogP contribution in [0.25, 0.3) is 0 Å². The standard InChI is InChI=1S/C20H25N3O3S/c1-16-9-13-23(14-10-16)27(25,26)19-5-3-18(4-6-19)20(24)22(2)15-17-7-11-21-12-8-17/h3-8,11-12,16H,9-10,13-15H2,1-2H3. The summed E-state index contributed by atoms with van der Waals surface area (Å²) < 4.78 is 27.1. The van der Waals surface area contributed by atoms with E-state index in [-0.39, 0.29) is 10.8 Å². The number of sulfonamides is 1. The minimum absolute atomic E-state index is 0.150.